The first-order chi connectivity index (χ1) is 14.5. The van der Waals surface area contributed by atoms with Gasteiger partial charge in [-0.15, -0.1) is 0 Å². The van der Waals surface area contributed by atoms with E-state index in [1.807, 2.05) is 6.20 Å². The Balaban J connectivity index is 1.35. The molecule has 30 heavy (non-hydrogen) atoms. The molecular formula is C23H19F3N4. The molecule has 0 atom stereocenters. The summed E-state index contributed by atoms with van der Waals surface area (Å²) in [7, 11) is 0. The molecule has 1 N–H and O–H groups in total. The van der Waals surface area contributed by atoms with Crippen LogP contribution < -0.4 is 0 Å². The van der Waals surface area contributed by atoms with E-state index in [9.17, 15) is 13.2 Å². The van der Waals surface area contributed by atoms with E-state index in [0.29, 0.717) is 17.9 Å². The number of rotatable bonds is 3. The minimum atomic E-state index is -4.35. The predicted octanol–water partition coefficient (Wildman–Crippen LogP) is 5.20. The molecule has 0 saturated heterocycles. The average molecular weight is 408 g/mol. The molecular weight excluding hydrogens is 389 g/mol. The maximum atomic E-state index is 12.8. The van der Waals surface area contributed by atoms with Crippen LogP contribution >= 0.6 is 0 Å². The van der Waals surface area contributed by atoms with Crippen LogP contribution in [0.3, 0.4) is 0 Å². The molecule has 0 spiro atoms. The Hall–Kier alpha value is -3.19. The smallest absolute Gasteiger partial charge is 0.361 e. The van der Waals surface area contributed by atoms with Gasteiger partial charge < -0.3 is 4.98 Å². The second kappa shape index (κ2) is 7.25. The van der Waals surface area contributed by atoms with Crippen LogP contribution in [0.2, 0.25) is 0 Å². The van der Waals surface area contributed by atoms with Gasteiger partial charge in [0.15, 0.2) is 5.82 Å². The summed E-state index contributed by atoms with van der Waals surface area (Å²) in [6, 6.07) is 13.5. The number of aromatic nitrogens is 3. The van der Waals surface area contributed by atoms with Crippen LogP contribution in [0, 0.1) is 0 Å². The van der Waals surface area contributed by atoms with Crippen molar-refractivity contribution in [2.45, 2.75) is 25.7 Å². The molecule has 1 aliphatic rings. The lowest BCUT2D eigenvalue weighted by molar-refractivity contribution is -0.137. The van der Waals surface area contributed by atoms with Crippen LogP contribution in [0.5, 0.6) is 0 Å². The second-order valence-corrected chi connectivity index (χ2v) is 7.60. The SMILES string of the molecule is FC(F)(F)c1ccc(-c2ncc3c(n2)CN(Cc2ccc4[nH]ccc4c2)CC3)cc1. The van der Waals surface area contributed by atoms with Gasteiger partial charge in [0.2, 0.25) is 0 Å². The van der Waals surface area contributed by atoms with Crippen LogP contribution in [0.25, 0.3) is 22.3 Å². The van der Waals surface area contributed by atoms with Gasteiger partial charge in [0.25, 0.3) is 0 Å². The molecule has 0 bridgehead atoms. The Morgan fingerprint density at radius 2 is 1.87 bits per heavy atom. The van der Waals surface area contributed by atoms with Crippen molar-refractivity contribution in [1.82, 2.24) is 19.9 Å². The number of aromatic amines is 1. The second-order valence-electron chi connectivity index (χ2n) is 7.60. The highest BCUT2D eigenvalue weighted by Gasteiger charge is 2.30. The van der Waals surface area contributed by atoms with Gasteiger partial charge in [0, 0.05) is 43.1 Å². The number of hydrogen-bond donors (Lipinski definition) is 1. The molecule has 0 unspecified atom stereocenters. The molecule has 2 aromatic carbocycles. The summed E-state index contributed by atoms with van der Waals surface area (Å²) >= 11 is 0. The molecule has 0 saturated carbocycles. The van der Waals surface area contributed by atoms with Crippen molar-refractivity contribution in [1.29, 1.82) is 0 Å². The molecule has 0 aliphatic carbocycles. The van der Waals surface area contributed by atoms with Crippen LogP contribution in [0.4, 0.5) is 13.2 Å². The van der Waals surface area contributed by atoms with Crippen LogP contribution in [0.15, 0.2) is 60.9 Å². The summed E-state index contributed by atoms with van der Waals surface area (Å²) < 4.78 is 38.4. The zero-order valence-electron chi connectivity index (χ0n) is 16.1. The number of benzene rings is 2. The molecule has 7 heteroatoms. The first kappa shape index (κ1) is 18.8. The normalized spacial score (nSPS) is 14.8. The Kier molecular flexibility index (Phi) is 4.55. The highest BCUT2D eigenvalue weighted by atomic mass is 19.4. The van der Waals surface area contributed by atoms with Crippen LogP contribution in [-0.4, -0.2) is 26.4 Å². The van der Waals surface area contributed by atoms with E-state index in [1.54, 1.807) is 6.20 Å². The van der Waals surface area contributed by atoms with Crippen LogP contribution in [-0.2, 0) is 25.7 Å². The van der Waals surface area contributed by atoms with Crippen molar-refractivity contribution in [3.05, 3.63) is 83.3 Å². The number of alkyl halides is 3. The minimum absolute atomic E-state index is 0.457. The number of halogens is 3. The van der Waals surface area contributed by atoms with E-state index in [0.717, 1.165) is 48.4 Å². The van der Waals surface area contributed by atoms with Crippen molar-refractivity contribution < 1.29 is 13.2 Å². The van der Waals surface area contributed by atoms with E-state index in [-0.39, 0.29) is 0 Å². The summed E-state index contributed by atoms with van der Waals surface area (Å²) in [6.07, 6.45) is 0.248. The third kappa shape index (κ3) is 3.68. The quantitative estimate of drug-likeness (QED) is 0.507. The maximum absolute atomic E-state index is 12.8. The van der Waals surface area contributed by atoms with Crippen LogP contribution in [0.1, 0.15) is 22.4 Å². The number of fused-ring (bicyclic) bond motifs is 2. The highest BCUT2D eigenvalue weighted by Crippen LogP contribution is 2.30. The summed E-state index contributed by atoms with van der Waals surface area (Å²) in [4.78, 5) is 14.6. The summed E-state index contributed by atoms with van der Waals surface area (Å²) in [5, 5.41) is 1.19. The third-order valence-corrected chi connectivity index (χ3v) is 5.52. The Labute approximate surface area is 171 Å². The number of hydrogen-bond acceptors (Lipinski definition) is 3. The van der Waals surface area contributed by atoms with Gasteiger partial charge in [-0.05, 0) is 53.3 Å². The third-order valence-electron chi connectivity index (χ3n) is 5.52. The molecule has 0 fully saturated rings. The zero-order chi connectivity index (χ0) is 20.7. The predicted molar refractivity (Wildman–Crippen MR) is 109 cm³/mol. The Bertz CT molecular complexity index is 1200. The Morgan fingerprint density at radius 3 is 2.67 bits per heavy atom. The maximum Gasteiger partial charge on any atom is 0.416 e. The van der Waals surface area contributed by atoms with Crippen molar-refractivity contribution in [3.63, 3.8) is 0 Å². The van der Waals surface area contributed by atoms with Crippen molar-refractivity contribution >= 4 is 10.9 Å². The van der Waals surface area contributed by atoms with Gasteiger partial charge in [-0.3, -0.25) is 4.90 Å². The standard InChI is InChI=1S/C23H19F3N4/c24-23(25,26)19-4-2-16(3-5-19)22-28-12-18-8-10-30(14-21(18)29-22)13-15-1-6-20-17(11-15)7-9-27-20/h1-7,9,11-12,27H,8,10,13-14H2. The lowest BCUT2D eigenvalue weighted by Gasteiger charge is -2.28. The lowest BCUT2D eigenvalue weighted by Crippen LogP contribution is -2.31. The van der Waals surface area contributed by atoms with Crippen molar-refractivity contribution in [2.24, 2.45) is 0 Å². The molecule has 4 nitrogen and oxygen atoms in total. The Morgan fingerprint density at radius 1 is 1.03 bits per heavy atom. The zero-order valence-corrected chi connectivity index (χ0v) is 16.1. The minimum Gasteiger partial charge on any atom is -0.361 e. The van der Waals surface area contributed by atoms with Gasteiger partial charge >= 0.3 is 6.18 Å². The monoisotopic (exact) mass is 408 g/mol. The van der Waals surface area contributed by atoms with Gasteiger partial charge in [-0.2, -0.15) is 13.2 Å². The van der Waals surface area contributed by atoms with Gasteiger partial charge in [-0.25, -0.2) is 9.97 Å². The summed E-state index contributed by atoms with van der Waals surface area (Å²) in [5.41, 5.74) is 4.31. The molecule has 1 aliphatic heterocycles. The van der Waals surface area contributed by atoms with E-state index in [4.69, 9.17) is 0 Å². The number of nitrogens with one attached hydrogen (secondary N) is 1. The van der Waals surface area contributed by atoms with Gasteiger partial charge in [-0.1, -0.05) is 18.2 Å². The van der Waals surface area contributed by atoms with E-state index in [1.165, 1.54) is 23.1 Å². The van der Waals surface area contributed by atoms with Crippen molar-refractivity contribution in [3.8, 4) is 11.4 Å². The number of nitrogens with zero attached hydrogens (tertiary/aromatic N) is 3. The molecule has 0 radical (unpaired) electrons. The number of H-pyrrole nitrogens is 1. The first-order valence-electron chi connectivity index (χ1n) is 9.76. The van der Waals surface area contributed by atoms with E-state index >= 15 is 0 Å². The molecule has 2 aromatic heterocycles. The van der Waals surface area contributed by atoms with Crippen molar-refractivity contribution in [2.75, 3.05) is 6.54 Å². The molecule has 4 aromatic rings. The average Bonchev–Trinajstić information content (AvgIpc) is 3.21. The highest BCUT2D eigenvalue weighted by molar-refractivity contribution is 5.79. The molecule has 3 heterocycles. The first-order valence-corrected chi connectivity index (χ1v) is 9.76. The fraction of sp³-hybridized carbons (Fsp3) is 0.217. The summed E-state index contributed by atoms with van der Waals surface area (Å²) in [5.74, 6) is 0.457. The summed E-state index contributed by atoms with van der Waals surface area (Å²) in [6.45, 7) is 2.43. The molecule has 5 rings (SSSR count). The van der Waals surface area contributed by atoms with E-state index in [2.05, 4.69) is 44.1 Å². The lowest BCUT2D eigenvalue weighted by atomic mass is 10.0. The van der Waals surface area contributed by atoms with Gasteiger partial charge in [0.05, 0.1) is 11.3 Å². The fourth-order valence-corrected chi connectivity index (χ4v) is 3.90. The molecule has 0 amide bonds. The largest absolute Gasteiger partial charge is 0.416 e. The molecule has 152 valence electrons. The fourth-order valence-electron chi connectivity index (χ4n) is 3.90. The van der Waals surface area contributed by atoms with Gasteiger partial charge in [0.1, 0.15) is 0 Å². The van der Waals surface area contributed by atoms with E-state index < -0.39 is 11.7 Å². The topological polar surface area (TPSA) is 44.8 Å².